The number of rotatable bonds is 3. The standard InChI is InChI=1S/C10H20N2O2/c1-9(2,3)14-12-8(13)10(4,11)7-5-6-7/h7H,5-6,11H2,1-4H3,(H,12,13). The Morgan fingerprint density at radius 3 is 2.21 bits per heavy atom. The van der Waals surface area contributed by atoms with Gasteiger partial charge in [0.05, 0.1) is 11.1 Å². The maximum absolute atomic E-state index is 11.6. The van der Waals surface area contributed by atoms with Crippen LogP contribution in [-0.4, -0.2) is 17.0 Å². The highest BCUT2D eigenvalue weighted by molar-refractivity contribution is 5.85. The highest BCUT2D eigenvalue weighted by atomic mass is 16.7. The summed E-state index contributed by atoms with van der Waals surface area (Å²) < 4.78 is 0. The molecule has 1 unspecified atom stereocenters. The maximum atomic E-state index is 11.6. The Kier molecular flexibility index (Phi) is 2.88. The Balaban J connectivity index is 2.41. The van der Waals surface area contributed by atoms with Gasteiger partial charge >= 0.3 is 0 Å². The Hall–Kier alpha value is -0.610. The second kappa shape index (κ2) is 3.51. The molecule has 1 atom stereocenters. The van der Waals surface area contributed by atoms with E-state index in [1.54, 1.807) is 6.92 Å². The third-order valence-corrected chi connectivity index (χ3v) is 2.36. The minimum atomic E-state index is -0.786. The first-order valence-corrected chi connectivity index (χ1v) is 5.01. The van der Waals surface area contributed by atoms with Gasteiger partial charge in [-0.15, -0.1) is 0 Å². The zero-order valence-electron chi connectivity index (χ0n) is 9.39. The third kappa shape index (κ3) is 2.96. The van der Waals surface area contributed by atoms with Crippen molar-refractivity contribution in [2.24, 2.45) is 11.7 Å². The average molecular weight is 200 g/mol. The van der Waals surface area contributed by atoms with Gasteiger partial charge in [-0.05, 0) is 46.5 Å². The van der Waals surface area contributed by atoms with Gasteiger partial charge in [-0.25, -0.2) is 5.48 Å². The van der Waals surface area contributed by atoms with Gasteiger partial charge in [-0.2, -0.15) is 0 Å². The molecule has 0 aromatic heterocycles. The molecule has 1 aliphatic carbocycles. The van der Waals surface area contributed by atoms with Crippen molar-refractivity contribution in [1.29, 1.82) is 0 Å². The number of carbonyl (C=O) groups excluding carboxylic acids is 1. The van der Waals surface area contributed by atoms with Crippen LogP contribution in [0.2, 0.25) is 0 Å². The predicted molar refractivity (Wildman–Crippen MR) is 54.3 cm³/mol. The SMILES string of the molecule is CC(C)(C)ONC(=O)C(C)(N)C1CC1. The fourth-order valence-corrected chi connectivity index (χ4v) is 1.18. The molecule has 0 radical (unpaired) electrons. The van der Waals surface area contributed by atoms with E-state index < -0.39 is 5.54 Å². The molecule has 82 valence electrons. The van der Waals surface area contributed by atoms with Crippen molar-refractivity contribution in [2.45, 2.75) is 51.7 Å². The molecule has 1 aliphatic rings. The van der Waals surface area contributed by atoms with Crippen LogP contribution >= 0.6 is 0 Å². The smallest absolute Gasteiger partial charge is 0.263 e. The maximum Gasteiger partial charge on any atom is 0.263 e. The van der Waals surface area contributed by atoms with Gasteiger partial charge in [0.25, 0.3) is 5.91 Å². The Morgan fingerprint density at radius 2 is 1.86 bits per heavy atom. The minimum absolute atomic E-state index is 0.227. The highest BCUT2D eigenvalue weighted by Crippen LogP contribution is 2.38. The summed E-state index contributed by atoms with van der Waals surface area (Å²) in [5.74, 6) is 0.0843. The predicted octanol–water partition coefficient (Wildman–Crippen LogP) is 0.960. The van der Waals surface area contributed by atoms with Crippen molar-refractivity contribution in [1.82, 2.24) is 5.48 Å². The third-order valence-electron chi connectivity index (χ3n) is 2.36. The zero-order chi connectivity index (χ0) is 11.0. The summed E-state index contributed by atoms with van der Waals surface area (Å²) in [4.78, 5) is 16.8. The van der Waals surface area contributed by atoms with Crippen molar-refractivity contribution >= 4 is 5.91 Å². The van der Waals surface area contributed by atoms with Crippen molar-refractivity contribution < 1.29 is 9.63 Å². The van der Waals surface area contributed by atoms with Crippen molar-refractivity contribution in [3.05, 3.63) is 0 Å². The van der Waals surface area contributed by atoms with Crippen LogP contribution in [0, 0.1) is 5.92 Å². The topological polar surface area (TPSA) is 64.3 Å². The Labute approximate surface area is 85.1 Å². The van der Waals surface area contributed by atoms with E-state index in [-0.39, 0.29) is 11.5 Å². The quantitative estimate of drug-likeness (QED) is 0.667. The molecule has 3 N–H and O–H groups in total. The Bertz CT molecular complexity index is 227. The van der Waals surface area contributed by atoms with Gasteiger partial charge in [-0.1, -0.05) is 0 Å². The van der Waals surface area contributed by atoms with Crippen LogP contribution in [0.1, 0.15) is 40.5 Å². The van der Waals surface area contributed by atoms with Gasteiger partial charge in [0.2, 0.25) is 0 Å². The summed E-state index contributed by atoms with van der Waals surface area (Å²) in [5.41, 5.74) is 7.16. The number of nitrogens with two attached hydrogens (primary N) is 1. The lowest BCUT2D eigenvalue weighted by atomic mass is 9.97. The summed E-state index contributed by atoms with van der Waals surface area (Å²) in [5, 5.41) is 0. The van der Waals surface area contributed by atoms with Crippen LogP contribution in [0.4, 0.5) is 0 Å². The van der Waals surface area contributed by atoms with Crippen molar-refractivity contribution in [3.8, 4) is 0 Å². The number of nitrogens with one attached hydrogen (secondary N) is 1. The molecule has 0 saturated heterocycles. The first-order chi connectivity index (χ1) is 6.23. The molecule has 14 heavy (non-hydrogen) atoms. The highest BCUT2D eigenvalue weighted by Gasteiger charge is 2.44. The van der Waals surface area contributed by atoms with Crippen molar-refractivity contribution in [2.75, 3.05) is 0 Å². The van der Waals surface area contributed by atoms with E-state index in [4.69, 9.17) is 10.6 Å². The molecule has 1 saturated carbocycles. The molecule has 0 aromatic rings. The number of amides is 1. The van der Waals surface area contributed by atoms with E-state index in [1.165, 1.54) is 0 Å². The molecule has 4 heteroatoms. The molecular formula is C10H20N2O2. The molecule has 0 spiro atoms. The first-order valence-electron chi connectivity index (χ1n) is 5.01. The fraction of sp³-hybridized carbons (Fsp3) is 0.900. The largest absolute Gasteiger partial charge is 0.317 e. The van der Waals surface area contributed by atoms with Gasteiger partial charge in [0.1, 0.15) is 0 Å². The molecule has 0 heterocycles. The number of hydrogen-bond donors (Lipinski definition) is 2. The summed E-state index contributed by atoms with van der Waals surface area (Å²) in [6, 6.07) is 0. The van der Waals surface area contributed by atoms with E-state index in [0.717, 1.165) is 12.8 Å². The number of hydrogen-bond acceptors (Lipinski definition) is 3. The molecule has 0 aliphatic heterocycles. The lowest BCUT2D eigenvalue weighted by Gasteiger charge is -2.26. The van der Waals surface area contributed by atoms with Crippen LogP contribution in [0.3, 0.4) is 0 Å². The fourth-order valence-electron chi connectivity index (χ4n) is 1.18. The zero-order valence-corrected chi connectivity index (χ0v) is 9.39. The van der Waals surface area contributed by atoms with Crippen LogP contribution in [0.15, 0.2) is 0 Å². The van der Waals surface area contributed by atoms with E-state index in [1.807, 2.05) is 20.8 Å². The minimum Gasteiger partial charge on any atom is -0.317 e. The average Bonchev–Trinajstić information content (AvgIpc) is 2.80. The second-order valence-corrected chi connectivity index (χ2v) is 5.20. The van der Waals surface area contributed by atoms with Gasteiger partial charge in [0, 0.05) is 0 Å². The summed E-state index contributed by atoms with van der Waals surface area (Å²) >= 11 is 0. The molecule has 1 fully saturated rings. The van der Waals surface area contributed by atoms with Crippen LogP contribution in [-0.2, 0) is 9.63 Å². The van der Waals surface area contributed by atoms with Gasteiger partial charge < -0.3 is 5.73 Å². The molecular weight excluding hydrogens is 180 g/mol. The van der Waals surface area contributed by atoms with Crippen LogP contribution in [0.5, 0.6) is 0 Å². The van der Waals surface area contributed by atoms with E-state index >= 15 is 0 Å². The lowest BCUT2D eigenvalue weighted by molar-refractivity contribution is -0.151. The number of carbonyl (C=O) groups is 1. The van der Waals surface area contributed by atoms with Gasteiger partial charge in [0.15, 0.2) is 0 Å². The van der Waals surface area contributed by atoms with E-state index in [2.05, 4.69) is 5.48 Å². The summed E-state index contributed by atoms with van der Waals surface area (Å²) in [7, 11) is 0. The monoisotopic (exact) mass is 200 g/mol. The van der Waals surface area contributed by atoms with E-state index in [0.29, 0.717) is 5.92 Å². The second-order valence-electron chi connectivity index (χ2n) is 5.20. The van der Waals surface area contributed by atoms with Crippen LogP contribution < -0.4 is 11.2 Å². The molecule has 0 aromatic carbocycles. The molecule has 1 rings (SSSR count). The lowest BCUT2D eigenvalue weighted by Crippen LogP contribution is -2.54. The summed E-state index contributed by atoms with van der Waals surface area (Å²) in [6.45, 7) is 7.38. The molecule has 1 amide bonds. The molecule has 4 nitrogen and oxygen atoms in total. The van der Waals surface area contributed by atoms with Crippen LogP contribution in [0.25, 0.3) is 0 Å². The Morgan fingerprint density at radius 1 is 1.36 bits per heavy atom. The summed E-state index contributed by atoms with van der Waals surface area (Å²) in [6.07, 6.45) is 2.08. The van der Waals surface area contributed by atoms with Crippen molar-refractivity contribution in [3.63, 3.8) is 0 Å². The van der Waals surface area contributed by atoms with Gasteiger partial charge in [-0.3, -0.25) is 9.63 Å². The number of hydroxylamine groups is 1. The van der Waals surface area contributed by atoms with E-state index in [9.17, 15) is 4.79 Å². The normalized spacial score (nSPS) is 21.5. The first kappa shape index (κ1) is 11.5. The molecule has 0 bridgehead atoms.